The van der Waals surface area contributed by atoms with Crippen LogP contribution >= 0.6 is 23.2 Å². The van der Waals surface area contributed by atoms with Gasteiger partial charge in [0.2, 0.25) is 5.91 Å². The van der Waals surface area contributed by atoms with Gasteiger partial charge in [0.05, 0.1) is 0 Å². The molecule has 2 aliphatic heterocycles. The Morgan fingerprint density at radius 1 is 1.23 bits per heavy atom. The molecule has 0 spiro atoms. The molecule has 2 heterocycles. The summed E-state index contributed by atoms with van der Waals surface area (Å²) in [6.07, 6.45) is 3.83. The zero-order valence-corrected chi connectivity index (χ0v) is 8.66. The third kappa shape index (κ3) is 0.841. The van der Waals surface area contributed by atoms with E-state index in [1.54, 1.807) is 0 Å². The van der Waals surface area contributed by atoms with Crippen LogP contribution in [0.4, 0.5) is 0 Å². The van der Waals surface area contributed by atoms with Gasteiger partial charge in [0.15, 0.2) is 0 Å². The van der Waals surface area contributed by atoms with E-state index in [0.29, 0.717) is 11.8 Å². The number of piperidine rings is 2. The highest BCUT2D eigenvalue weighted by Crippen LogP contribution is 2.60. The molecule has 1 amide bonds. The van der Waals surface area contributed by atoms with Gasteiger partial charge < -0.3 is 5.32 Å². The highest BCUT2D eigenvalue weighted by Gasteiger charge is 2.66. The van der Waals surface area contributed by atoms with Gasteiger partial charge in [-0.3, -0.25) is 4.79 Å². The zero-order chi connectivity index (χ0) is 9.27. The standard InChI is InChI=1S/C9H11Cl2NO/c10-8-3-5-1-2-6(4-8)9(5,11)7(13)12-8/h5-6H,1-4H2,(H,12,13). The third-order valence-electron chi connectivity index (χ3n) is 3.88. The van der Waals surface area contributed by atoms with E-state index in [9.17, 15) is 4.79 Å². The van der Waals surface area contributed by atoms with Crippen molar-refractivity contribution in [2.75, 3.05) is 0 Å². The number of hydrogen-bond donors (Lipinski definition) is 1. The molecule has 2 atom stereocenters. The van der Waals surface area contributed by atoms with E-state index in [1.807, 2.05) is 0 Å². The molecule has 2 saturated heterocycles. The minimum Gasteiger partial charge on any atom is -0.336 e. The van der Waals surface area contributed by atoms with E-state index < -0.39 is 9.87 Å². The molecule has 4 heteroatoms. The van der Waals surface area contributed by atoms with Crippen molar-refractivity contribution in [2.45, 2.75) is 35.6 Å². The number of rotatable bonds is 0. The maximum atomic E-state index is 11.7. The molecular formula is C9H11Cl2NO. The molecule has 13 heavy (non-hydrogen) atoms. The van der Waals surface area contributed by atoms with Gasteiger partial charge in [0, 0.05) is 0 Å². The first-order chi connectivity index (χ1) is 6.05. The molecule has 0 radical (unpaired) electrons. The van der Waals surface area contributed by atoms with Crippen LogP contribution in [0.1, 0.15) is 25.7 Å². The lowest BCUT2D eigenvalue weighted by Crippen LogP contribution is -2.67. The molecule has 0 aromatic carbocycles. The molecule has 0 aromatic heterocycles. The lowest BCUT2D eigenvalue weighted by molar-refractivity contribution is -0.133. The maximum Gasteiger partial charge on any atom is 0.243 e. The van der Waals surface area contributed by atoms with E-state index in [-0.39, 0.29) is 5.91 Å². The van der Waals surface area contributed by atoms with Crippen molar-refractivity contribution in [1.82, 2.24) is 5.32 Å². The first kappa shape index (κ1) is 8.37. The Hall–Kier alpha value is 0.0500. The average Bonchev–Trinajstić information content (AvgIpc) is 2.30. The quantitative estimate of drug-likeness (QED) is 0.489. The molecule has 4 bridgehead atoms. The Morgan fingerprint density at radius 3 is 2.31 bits per heavy atom. The fourth-order valence-electron chi connectivity index (χ4n) is 3.29. The molecule has 4 rings (SSSR count). The molecule has 4 fully saturated rings. The second-order valence-corrected chi connectivity index (χ2v) is 5.92. The first-order valence-electron chi connectivity index (χ1n) is 4.75. The Bertz CT molecular complexity index is 277. The number of halogens is 2. The first-order valence-corrected chi connectivity index (χ1v) is 5.51. The number of alkyl halides is 2. The van der Waals surface area contributed by atoms with E-state index in [0.717, 1.165) is 25.7 Å². The Balaban J connectivity index is 2.11. The van der Waals surface area contributed by atoms with Crippen molar-refractivity contribution >= 4 is 29.1 Å². The van der Waals surface area contributed by atoms with Crippen molar-refractivity contribution < 1.29 is 4.79 Å². The van der Waals surface area contributed by atoms with Gasteiger partial charge in [-0.25, -0.2) is 0 Å². The van der Waals surface area contributed by atoms with Gasteiger partial charge >= 0.3 is 0 Å². The SMILES string of the molecule is O=C1NC2(Cl)CC3CCC(C2)C13Cl. The molecule has 0 aromatic rings. The van der Waals surface area contributed by atoms with Gasteiger partial charge in [0.1, 0.15) is 9.87 Å². The van der Waals surface area contributed by atoms with Crippen LogP contribution in [0.3, 0.4) is 0 Å². The summed E-state index contributed by atoms with van der Waals surface area (Å²) < 4.78 is 0. The highest BCUT2D eigenvalue weighted by molar-refractivity contribution is 6.38. The van der Waals surface area contributed by atoms with Gasteiger partial charge in [-0.1, -0.05) is 11.6 Å². The summed E-state index contributed by atoms with van der Waals surface area (Å²) in [6, 6.07) is 0. The van der Waals surface area contributed by atoms with Crippen LogP contribution in [0.5, 0.6) is 0 Å². The van der Waals surface area contributed by atoms with Crippen molar-refractivity contribution in [3.63, 3.8) is 0 Å². The molecule has 1 N–H and O–H groups in total. The lowest BCUT2D eigenvalue weighted by Gasteiger charge is -2.51. The van der Waals surface area contributed by atoms with Crippen LogP contribution in [0.2, 0.25) is 0 Å². The van der Waals surface area contributed by atoms with Crippen molar-refractivity contribution in [2.24, 2.45) is 11.8 Å². The molecule has 2 aliphatic carbocycles. The summed E-state index contributed by atoms with van der Waals surface area (Å²) in [5, 5.41) is 2.83. The highest BCUT2D eigenvalue weighted by atomic mass is 35.5. The lowest BCUT2D eigenvalue weighted by atomic mass is 9.71. The number of hydrogen-bond acceptors (Lipinski definition) is 1. The molecular weight excluding hydrogens is 209 g/mol. The molecule has 2 saturated carbocycles. The zero-order valence-electron chi connectivity index (χ0n) is 7.15. The Morgan fingerprint density at radius 2 is 1.77 bits per heavy atom. The number of nitrogens with one attached hydrogen (secondary N) is 1. The Kier molecular flexibility index (Phi) is 1.40. The molecule has 2 nitrogen and oxygen atoms in total. The van der Waals surface area contributed by atoms with Crippen LogP contribution in [-0.4, -0.2) is 15.8 Å². The minimum absolute atomic E-state index is 0.0332. The van der Waals surface area contributed by atoms with Crippen molar-refractivity contribution in [1.29, 1.82) is 0 Å². The number of carbonyl (C=O) groups is 1. The maximum absolute atomic E-state index is 11.7. The van der Waals surface area contributed by atoms with Gasteiger partial charge in [0.25, 0.3) is 0 Å². The second kappa shape index (κ2) is 2.17. The minimum atomic E-state index is -0.614. The van der Waals surface area contributed by atoms with Crippen LogP contribution in [0.15, 0.2) is 0 Å². The van der Waals surface area contributed by atoms with Crippen LogP contribution in [0, 0.1) is 11.8 Å². The van der Waals surface area contributed by atoms with Crippen LogP contribution < -0.4 is 5.32 Å². The van der Waals surface area contributed by atoms with Gasteiger partial charge in [-0.05, 0) is 37.5 Å². The van der Waals surface area contributed by atoms with E-state index >= 15 is 0 Å². The normalized spacial score (nSPS) is 58.2. The summed E-state index contributed by atoms with van der Waals surface area (Å²) in [6.45, 7) is 0. The topological polar surface area (TPSA) is 29.1 Å². The van der Waals surface area contributed by atoms with E-state index in [2.05, 4.69) is 5.32 Å². The number of carbonyl (C=O) groups excluding carboxylic acids is 1. The molecule has 2 unspecified atom stereocenters. The summed E-state index contributed by atoms with van der Waals surface area (Å²) in [4.78, 5) is 10.6. The smallest absolute Gasteiger partial charge is 0.243 e. The van der Waals surface area contributed by atoms with Crippen molar-refractivity contribution in [3.05, 3.63) is 0 Å². The fourth-order valence-corrected chi connectivity index (χ4v) is 4.17. The van der Waals surface area contributed by atoms with Crippen LogP contribution in [-0.2, 0) is 4.79 Å². The monoisotopic (exact) mass is 219 g/mol. The fraction of sp³-hybridized carbons (Fsp3) is 0.889. The van der Waals surface area contributed by atoms with Crippen molar-refractivity contribution in [3.8, 4) is 0 Å². The van der Waals surface area contributed by atoms with Crippen LogP contribution in [0.25, 0.3) is 0 Å². The number of amides is 1. The number of fused-ring (bicyclic) bond motifs is 1. The largest absolute Gasteiger partial charge is 0.336 e. The average molecular weight is 220 g/mol. The third-order valence-corrected chi connectivity index (χ3v) is 5.07. The van der Waals surface area contributed by atoms with E-state index in [4.69, 9.17) is 23.2 Å². The van der Waals surface area contributed by atoms with Gasteiger partial charge in [-0.15, -0.1) is 11.6 Å². The molecule has 72 valence electrons. The predicted molar refractivity (Wildman–Crippen MR) is 50.8 cm³/mol. The Labute approximate surface area is 87.0 Å². The summed E-state index contributed by atoms with van der Waals surface area (Å²) in [5.41, 5.74) is 0. The molecule has 4 aliphatic rings. The predicted octanol–water partition coefficient (Wildman–Crippen LogP) is 1.85. The van der Waals surface area contributed by atoms with Gasteiger partial charge in [-0.2, -0.15) is 0 Å². The second-order valence-electron chi connectivity index (χ2n) is 4.57. The van der Waals surface area contributed by atoms with E-state index in [1.165, 1.54) is 0 Å². The summed E-state index contributed by atoms with van der Waals surface area (Å²) >= 11 is 12.7. The summed E-state index contributed by atoms with van der Waals surface area (Å²) in [7, 11) is 0. The summed E-state index contributed by atoms with van der Waals surface area (Å²) in [5.74, 6) is 0.576.